The lowest BCUT2D eigenvalue weighted by atomic mass is 9.89. The predicted octanol–water partition coefficient (Wildman–Crippen LogP) is 9.14. The fourth-order valence-electron chi connectivity index (χ4n) is 7.27. The Kier molecular flexibility index (Phi) is 5.80. The highest BCUT2D eigenvalue weighted by molar-refractivity contribution is 6.26. The third-order valence-corrected chi connectivity index (χ3v) is 9.27. The number of para-hydroxylation sites is 2. The number of nitrogens with zero attached hydrogens (tertiary/aromatic N) is 6. The summed E-state index contributed by atoms with van der Waals surface area (Å²) in [4.78, 5) is 21.8. The van der Waals surface area contributed by atoms with E-state index in [0.29, 0.717) is 17.5 Å². The summed E-state index contributed by atoms with van der Waals surface area (Å²) in [6.45, 7) is 0. The average Bonchev–Trinajstić information content (AvgIpc) is 3.51. The van der Waals surface area contributed by atoms with Crippen LogP contribution in [0.15, 0.2) is 162 Å². The molecule has 0 saturated heterocycles. The number of hydrogen-bond acceptors (Lipinski definition) is 6. The lowest BCUT2D eigenvalue weighted by Crippen LogP contribution is -2.38. The Balaban J connectivity index is 1.28. The molecule has 8 aromatic rings. The zero-order valence-corrected chi connectivity index (χ0v) is 25.7. The van der Waals surface area contributed by atoms with Crippen LogP contribution >= 0.6 is 0 Å². The van der Waals surface area contributed by atoms with E-state index >= 15 is 0 Å². The number of aliphatic imine (C=N–C) groups is 2. The molecule has 5 heterocycles. The predicted molar refractivity (Wildman–Crippen MR) is 194 cm³/mol. The second kappa shape index (κ2) is 10.5. The van der Waals surface area contributed by atoms with Crippen molar-refractivity contribution in [1.82, 2.24) is 19.9 Å². The van der Waals surface area contributed by atoms with Crippen LogP contribution in [0.5, 0.6) is 0 Å². The third-order valence-electron chi connectivity index (χ3n) is 9.27. The zero-order chi connectivity index (χ0) is 31.6. The maximum absolute atomic E-state index is 5.14. The van der Waals surface area contributed by atoms with Crippen LogP contribution in [0.2, 0.25) is 0 Å². The molecular weight excluding hydrogens is 591 g/mol. The third kappa shape index (κ3) is 3.94. The molecule has 0 spiro atoms. The van der Waals surface area contributed by atoms with E-state index in [1.165, 1.54) is 27.6 Å². The van der Waals surface area contributed by atoms with Crippen LogP contribution in [0.25, 0.3) is 43.7 Å². The minimum Gasteiger partial charge on any atom is -0.328 e. The molecule has 10 rings (SSSR count). The van der Waals surface area contributed by atoms with Gasteiger partial charge in [-0.3, -0.25) is 14.5 Å². The first-order valence-electron chi connectivity index (χ1n) is 16.0. The first-order chi connectivity index (χ1) is 23.8. The Morgan fingerprint density at radius 1 is 0.583 bits per heavy atom. The molecule has 7 heteroatoms. The molecule has 7 nitrogen and oxygen atoms in total. The van der Waals surface area contributed by atoms with Gasteiger partial charge in [0.15, 0.2) is 12.0 Å². The summed E-state index contributed by atoms with van der Waals surface area (Å²) in [6, 6.07) is 48.6. The van der Waals surface area contributed by atoms with Crippen LogP contribution in [-0.2, 0) is 0 Å². The average molecular weight is 618 g/mol. The van der Waals surface area contributed by atoms with Crippen LogP contribution in [0.4, 0.5) is 17.1 Å². The SMILES string of the molecule is c1ccc(N2c3cccc4cccc(c34)-c3ccc4c(c32)c2ccccc2n4C2=NC(c3ccccn3)=NC(c3ccccn3)N2)cc1. The van der Waals surface area contributed by atoms with Crippen molar-refractivity contribution < 1.29 is 0 Å². The summed E-state index contributed by atoms with van der Waals surface area (Å²) in [7, 11) is 0. The molecule has 2 aliphatic heterocycles. The van der Waals surface area contributed by atoms with E-state index in [-0.39, 0.29) is 0 Å². The number of anilines is 3. The summed E-state index contributed by atoms with van der Waals surface area (Å²) < 4.78 is 2.22. The number of aromatic nitrogens is 3. The lowest BCUT2D eigenvalue weighted by molar-refractivity contribution is 0.641. The van der Waals surface area contributed by atoms with Crippen molar-refractivity contribution in [1.29, 1.82) is 0 Å². The molecule has 48 heavy (non-hydrogen) atoms. The molecule has 1 atom stereocenters. The number of benzene rings is 5. The van der Waals surface area contributed by atoms with E-state index < -0.39 is 6.17 Å². The summed E-state index contributed by atoms with van der Waals surface area (Å²) >= 11 is 0. The normalized spacial score (nSPS) is 15.2. The van der Waals surface area contributed by atoms with Crippen LogP contribution in [0, 0.1) is 0 Å². The molecule has 1 N–H and O–H groups in total. The van der Waals surface area contributed by atoms with Gasteiger partial charge in [0.05, 0.1) is 28.1 Å². The number of hydrogen-bond donors (Lipinski definition) is 1. The largest absolute Gasteiger partial charge is 0.328 e. The minimum atomic E-state index is -0.449. The quantitative estimate of drug-likeness (QED) is 0.215. The standard InChI is InChI=1S/C41H27N7/c1-2-14-27(15-3-1)47-34-21-11-13-26-12-10-17-28(36(26)34)29-22-23-35-37(38(29)47)30-16-4-5-20-33(30)48(35)41-45-39(31-18-6-8-24-42-31)44-40(46-41)32-19-7-9-25-43-32/h1-25,39H,(H,44,45,46). The molecule has 0 radical (unpaired) electrons. The van der Waals surface area contributed by atoms with Gasteiger partial charge in [-0.1, -0.05) is 84.9 Å². The molecule has 0 amide bonds. The number of fused-ring (bicyclic) bond motifs is 6. The number of amidine groups is 1. The van der Waals surface area contributed by atoms with Crippen molar-refractivity contribution in [2.75, 3.05) is 4.90 Å². The van der Waals surface area contributed by atoms with Crippen molar-refractivity contribution >= 4 is 61.4 Å². The maximum atomic E-state index is 5.14. The Labute approximate surface area is 276 Å². The summed E-state index contributed by atoms with van der Waals surface area (Å²) in [5.74, 6) is 1.22. The highest BCUT2D eigenvalue weighted by Gasteiger charge is 2.31. The second-order valence-electron chi connectivity index (χ2n) is 12.0. The van der Waals surface area contributed by atoms with Crippen molar-refractivity contribution in [3.63, 3.8) is 0 Å². The first kappa shape index (κ1) is 26.6. The lowest BCUT2D eigenvalue weighted by Gasteiger charge is -2.34. The Bertz CT molecular complexity index is 2580. The topological polar surface area (TPSA) is 70.7 Å². The highest BCUT2D eigenvalue weighted by Crippen LogP contribution is 2.54. The van der Waals surface area contributed by atoms with E-state index in [9.17, 15) is 0 Å². The molecule has 0 fully saturated rings. The van der Waals surface area contributed by atoms with Gasteiger partial charge in [-0.05, 0) is 65.5 Å². The van der Waals surface area contributed by atoms with Gasteiger partial charge in [0, 0.05) is 39.8 Å². The van der Waals surface area contributed by atoms with Crippen molar-refractivity contribution in [2.24, 2.45) is 9.98 Å². The van der Waals surface area contributed by atoms with Crippen molar-refractivity contribution in [2.45, 2.75) is 6.17 Å². The molecule has 226 valence electrons. The van der Waals surface area contributed by atoms with E-state index in [2.05, 4.69) is 128 Å². The van der Waals surface area contributed by atoms with Crippen molar-refractivity contribution in [3.8, 4) is 11.1 Å². The molecule has 0 aliphatic carbocycles. The molecule has 0 saturated carbocycles. The van der Waals surface area contributed by atoms with Gasteiger partial charge >= 0.3 is 0 Å². The monoisotopic (exact) mass is 617 g/mol. The molecule has 1 unspecified atom stereocenters. The minimum absolute atomic E-state index is 0.449. The number of nitrogens with one attached hydrogen (secondary N) is 1. The van der Waals surface area contributed by atoms with Crippen LogP contribution in [-0.4, -0.2) is 26.3 Å². The van der Waals surface area contributed by atoms with E-state index in [4.69, 9.17) is 9.98 Å². The van der Waals surface area contributed by atoms with Gasteiger partial charge in [0.1, 0.15) is 5.69 Å². The Morgan fingerprint density at radius 3 is 2.21 bits per heavy atom. The Morgan fingerprint density at radius 2 is 1.38 bits per heavy atom. The van der Waals surface area contributed by atoms with Gasteiger partial charge in [0.2, 0.25) is 5.96 Å². The smallest absolute Gasteiger partial charge is 0.212 e. The molecular formula is C41H27N7. The van der Waals surface area contributed by atoms with Gasteiger partial charge < -0.3 is 10.2 Å². The first-order valence-corrected chi connectivity index (χ1v) is 16.0. The summed E-state index contributed by atoms with van der Waals surface area (Å²) in [5.41, 5.74) is 9.44. The van der Waals surface area contributed by atoms with Gasteiger partial charge in [-0.15, -0.1) is 0 Å². The van der Waals surface area contributed by atoms with E-state index in [0.717, 1.165) is 38.9 Å². The molecule has 0 bridgehead atoms. The van der Waals surface area contributed by atoms with Crippen LogP contribution < -0.4 is 10.2 Å². The van der Waals surface area contributed by atoms with Crippen LogP contribution in [0.3, 0.4) is 0 Å². The van der Waals surface area contributed by atoms with E-state index in [1.54, 1.807) is 12.4 Å². The highest BCUT2D eigenvalue weighted by atomic mass is 15.3. The van der Waals surface area contributed by atoms with Gasteiger partial charge in [-0.25, -0.2) is 4.99 Å². The fraction of sp³-hybridized carbons (Fsp3) is 0.0244. The second-order valence-corrected chi connectivity index (χ2v) is 12.0. The fourth-order valence-corrected chi connectivity index (χ4v) is 7.27. The number of rotatable bonds is 3. The molecule has 3 aromatic heterocycles. The maximum Gasteiger partial charge on any atom is 0.212 e. The molecule has 2 aliphatic rings. The zero-order valence-electron chi connectivity index (χ0n) is 25.7. The summed E-state index contributed by atoms with van der Waals surface area (Å²) in [6.07, 6.45) is 3.12. The summed E-state index contributed by atoms with van der Waals surface area (Å²) in [5, 5.41) is 8.40. The molecule has 5 aromatic carbocycles. The van der Waals surface area contributed by atoms with Crippen molar-refractivity contribution in [3.05, 3.63) is 163 Å². The Hall–Kier alpha value is -6.60. The van der Waals surface area contributed by atoms with Gasteiger partial charge in [-0.2, -0.15) is 4.99 Å². The van der Waals surface area contributed by atoms with Gasteiger partial charge in [0.25, 0.3) is 0 Å². The van der Waals surface area contributed by atoms with Crippen LogP contribution in [0.1, 0.15) is 17.6 Å². The van der Waals surface area contributed by atoms with E-state index in [1.807, 2.05) is 36.4 Å². The number of pyridine rings is 2.